The number of para-hydroxylation sites is 1. The van der Waals surface area contributed by atoms with Crippen molar-refractivity contribution in [3.63, 3.8) is 0 Å². The summed E-state index contributed by atoms with van der Waals surface area (Å²) in [6, 6.07) is 29.1. The summed E-state index contributed by atoms with van der Waals surface area (Å²) in [5.74, 6) is -2.13. The van der Waals surface area contributed by atoms with E-state index in [9.17, 15) is 18.7 Å². The number of carboxylic acids is 1. The maximum Gasteiger partial charge on any atom is 0.307 e. The number of pyridine rings is 1. The smallest absolute Gasteiger partial charge is 0.307 e. The van der Waals surface area contributed by atoms with E-state index < -0.39 is 28.9 Å². The average Bonchev–Trinajstić information content (AvgIpc) is 3.44. The van der Waals surface area contributed by atoms with Crippen LogP contribution in [-0.4, -0.2) is 25.6 Å². The molecule has 0 bridgehead atoms. The van der Waals surface area contributed by atoms with Crippen LogP contribution in [0.15, 0.2) is 97.1 Å². The van der Waals surface area contributed by atoms with Gasteiger partial charge in [0.1, 0.15) is 18.2 Å². The zero-order valence-corrected chi connectivity index (χ0v) is 24.2. The van der Waals surface area contributed by atoms with E-state index in [1.165, 1.54) is 6.07 Å². The fraction of sp³-hybridized carbons (Fsp3) is 0.194. The summed E-state index contributed by atoms with van der Waals surface area (Å²) in [7, 11) is 0. The van der Waals surface area contributed by atoms with Crippen molar-refractivity contribution in [3.8, 4) is 16.9 Å². The maximum atomic E-state index is 14.0. The van der Waals surface area contributed by atoms with Crippen LogP contribution in [0.5, 0.6) is 5.75 Å². The molecule has 2 atom stereocenters. The van der Waals surface area contributed by atoms with Gasteiger partial charge in [0.05, 0.1) is 28.2 Å². The van der Waals surface area contributed by atoms with Crippen molar-refractivity contribution in [3.05, 3.63) is 126 Å². The number of ether oxygens (including phenoxy) is 1. The molecule has 6 aromatic rings. The van der Waals surface area contributed by atoms with Crippen molar-refractivity contribution in [1.82, 2.24) is 14.5 Å². The first-order valence-electron chi connectivity index (χ1n) is 14.4. The van der Waals surface area contributed by atoms with E-state index >= 15 is 0 Å². The lowest BCUT2D eigenvalue weighted by atomic mass is 10.0. The summed E-state index contributed by atoms with van der Waals surface area (Å²) in [4.78, 5) is 21.8. The zero-order chi connectivity index (χ0) is 30.6. The van der Waals surface area contributed by atoms with Crippen LogP contribution >= 0.6 is 0 Å². The number of rotatable bonds is 8. The number of halogens is 2. The summed E-state index contributed by atoms with van der Waals surface area (Å²) in [6.45, 7) is 4.62. The van der Waals surface area contributed by atoms with E-state index in [-0.39, 0.29) is 12.5 Å². The lowest BCUT2D eigenvalue weighted by Gasteiger charge is -2.12. The SMILES string of the molecule is CC1(C)[C@H](C(=O)O)[C@@H]1c1nc2cc(OCc3ccc4ccccc4n3)ccc2n1Cc1cccc(-c2ccc(F)c(F)c2)c1. The standard InChI is InChI=1S/C36H29F2N3O3/c1-36(2)32(33(36)35(42)43)34-40-30-18-26(44-20-25-12-10-22-7-3-4-9-29(22)39-25)13-15-31(30)41(34)19-21-6-5-8-23(16-21)24-11-14-27(37)28(38)17-24/h3-18,32-33H,19-20H2,1-2H3,(H,42,43)/t32-,33+/m1/s1. The Morgan fingerprint density at radius 1 is 0.864 bits per heavy atom. The molecule has 1 N–H and O–H groups in total. The molecule has 1 saturated carbocycles. The van der Waals surface area contributed by atoms with E-state index in [2.05, 4.69) is 9.55 Å². The number of nitrogens with zero attached hydrogens (tertiary/aromatic N) is 3. The Bertz CT molecular complexity index is 2070. The predicted molar refractivity (Wildman–Crippen MR) is 164 cm³/mol. The van der Waals surface area contributed by atoms with Gasteiger partial charge in [-0.3, -0.25) is 4.79 Å². The Kier molecular flexibility index (Phi) is 6.65. The summed E-state index contributed by atoms with van der Waals surface area (Å²) in [5.41, 5.74) is 5.04. The molecule has 2 heterocycles. The molecule has 44 heavy (non-hydrogen) atoms. The maximum absolute atomic E-state index is 14.0. The van der Waals surface area contributed by atoms with Crippen molar-refractivity contribution in [2.24, 2.45) is 11.3 Å². The van der Waals surface area contributed by atoms with Gasteiger partial charge in [-0.15, -0.1) is 0 Å². The van der Waals surface area contributed by atoms with Crippen LogP contribution in [-0.2, 0) is 17.9 Å². The van der Waals surface area contributed by atoms with Crippen molar-refractivity contribution in [1.29, 1.82) is 0 Å². The van der Waals surface area contributed by atoms with Crippen molar-refractivity contribution in [2.75, 3.05) is 0 Å². The van der Waals surface area contributed by atoms with Gasteiger partial charge in [0, 0.05) is 23.9 Å². The van der Waals surface area contributed by atoms with Crippen molar-refractivity contribution in [2.45, 2.75) is 32.9 Å². The van der Waals surface area contributed by atoms with Crippen LogP contribution < -0.4 is 4.74 Å². The molecular formula is C36H29F2N3O3. The second-order valence-electron chi connectivity index (χ2n) is 11.9. The molecule has 1 aliphatic rings. The molecule has 0 aliphatic heterocycles. The lowest BCUT2D eigenvalue weighted by molar-refractivity contribution is -0.139. The highest BCUT2D eigenvalue weighted by atomic mass is 19.2. The normalized spacial score (nSPS) is 17.2. The molecule has 0 saturated heterocycles. The number of imidazole rings is 1. The summed E-state index contributed by atoms with van der Waals surface area (Å²) < 4.78 is 35.7. The highest BCUT2D eigenvalue weighted by Crippen LogP contribution is 2.64. The number of carbonyl (C=O) groups is 1. The molecule has 220 valence electrons. The van der Waals surface area contributed by atoms with Gasteiger partial charge in [0.15, 0.2) is 11.6 Å². The van der Waals surface area contributed by atoms with E-state index in [0.717, 1.165) is 39.3 Å². The van der Waals surface area contributed by atoms with Crippen molar-refractivity contribution >= 4 is 27.9 Å². The minimum atomic E-state index is -0.902. The minimum Gasteiger partial charge on any atom is -0.487 e. The van der Waals surface area contributed by atoms with Gasteiger partial charge in [0.25, 0.3) is 0 Å². The zero-order valence-electron chi connectivity index (χ0n) is 24.2. The number of hydrogen-bond donors (Lipinski definition) is 1. The molecule has 0 radical (unpaired) electrons. The first-order chi connectivity index (χ1) is 21.2. The summed E-state index contributed by atoms with van der Waals surface area (Å²) in [6.07, 6.45) is 0. The topological polar surface area (TPSA) is 77.2 Å². The van der Waals surface area contributed by atoms with Gasteiger partial charge >= 0.3 is 5.97 Å². The van der Waals surface area contributed by atoms with E-state index in [1.54, 1.807) is 6.07 Å². The molecule has 8 heteroatoms. The number of aliphatic carboxylic acids is 1. The minimum absolute atomic E-state index is 0.270. The Morgan fingerprint density at radius 3 is 2.48 bits per heavy atom. The van der Waals surface area contributed by atoms with E-state index in [4.69, 9.17) is 9.72 Å². The van der Waals surface area contributed by atoms with Crippen LogP contribution in [0.1, 0.15) is 36.8 Å². The number of aromatic nitrogens is 3. The first-order valence-corrected chi connectivity index (χ1v) is 14.4. The van der Waals surface area contributed by atoms with Gasteiger partial charge in [-0.25, -0.2) is 18.7 Å². The number of carboxylic acid groups (broad SMARTS) is 1. The lowest BCUT2D eigenvalue weighted by Crippen LogP contribution is -2.07. The average molecular weight is 590 g/mol. The van der Waals surface area contributed by atoms with Crippen LogP contribution in [0.4, 0.5) is 8.78 Å². The molecule has 0 unspecified atom stereocenters. The largest absolute Gasteiger partial charge is 0.487 e. The second-order valence-corrected chi connectivity index (χ2v) is 11.9. The third-order valence-electron chi connectivity index (χ3n) is 8.68. The molecule has 2 aromatic heterocycles. The fourth-order valence-electron chi connectivity index (χ4n) is 6.26. The van der Waals surface area contributed by atoms with Crippen LogP contribution in [0.2, 0.25) is 0 Å². The van der Waals surface area contributed by atoms with Crippen LogP contribution in [0.25, 0.3) is 33.1 Å². The molecular weight excluding hydrogens is 560 g/mol. The molecule has 7 rings (SSSR count). The Labute approximate surface area is 252 Å². The molecule has 4 aromatic carbocycles. The van der Waals surface area contributed by atoms with E-state index in [1.807, 2.05) is 92.7 Å². The quantitative estimate of drug-likeness (QED) is 0.195. The molecule has 0 spiro atoms. The summed E-state index contributed by atoms with van der Waals surface area (Å²) in [5, 5.41) is 11.0. The second kappa shape index (κ2) is 10.6. The van der Waals surface area contributed by atoms with E-state index in [0.29, 0.717) is 29.2 Å². The highest BCUT2D eigenvalue weighted by molar-refractivity contribution is 5.81. The predicted octanol–water partition coefficient (Wildman–Crippen LogP) is 7.98. The summed E-state index contributed by atoms with van der Waals surface area (Å²) >= 11 is 0. The number of hydrogen-bond acceptors (Lipinski definition) is 4. The number of benzene rings is 4. The third-order valence-corrected chi connectivity index (χ3v) is 8.68. The molecule has 1 fully saturated rings. The Morgan fingerprint density at radius 2 is 1.68 bits per heavy atom. The Hall–Kier alpha value is -5.11. The highest BCUT2D eigenvalue weighted by Gasteiger charge is 2.64. The number of fused-ring (bicyclic) bond motifs is 2. The monoisotopic (exact) mass is 589 g/mol. The van der Waals surface area contributed by atoms with Crippen molar-refractivity contribution < 1.29 is 23.4 Å². The first kappa shape index (κ1) is 27.7. The molecule has 1 aliphatic carbocycles. The van der Waals surface area contributed by atoms with Gasteiger partial charge in [0.2, 0.25) is 0 Å². The van der Waals surface area contributed by atoms with Gasteiger partial charge < -0.3 is 14.4 Å². The van der Waals surface area contributed by atoms with Crippen LogP contribution in [0, 0.1) is 23.0 Å². The van der Waals surface area contributed by atoms with Gasteiger partial charge in [-0.2, -0.15) is 0 Å². The Balaban J connectivity index is 1.22. The van der Waals surface area contributed by atoms with Gasteiger partial charge in [-0.05, 0) is 64.6 Å². The molecule has 0 amide bonds. The molecule has 6 nitrogen and oxygen atoms in total. The van der Waals surface area contributed by atoms with Gasteiger partial charge in [-0.1, -0.05) is 62.4 Å². The third kappa shape index (κ3) is 4.96. The fourth-order valence-corrected chi connectivity index (χ4v) is 6.26. The van der Waals surface area contributed by atoms with Crippen LogP contribution in [0.3, 0.4) is 0 Å².